The molecule has 0 saturated heterocycles. The molecular formula is C18H21N3OS. The van der Waals surface area contributed by atoms with Crippen molar-refractivity contribution in [3.8, 4) is 11.1 Å². The summed E-state index contributed by atoms with van der Waals surface area (Å²) in [6.07, 6.45) is 2.12. The van der Waals surface area contributed by atoms with Gasteiger partial charge in [-0.2, -0.15) is 0 Å². The zero-order chi connectivity index (χ0) is 16.4. The number of benzene rings is 1. The maximum atomic E-state index is 9.55. The van der Waals surface area contributed by atoms with Gasteiger partial charge in [0.05, 0.1) is 11.5 Å². The molecular weight excluding hydrogens is 306 g/mol. The maximum Gasteiger partial charge on any atom is 0.138 e. The Morgan fingerprint density at radius 2 is 1.96 bits per heavy atom. The second-order valence-electron chi connectivity index (χ2n) is 5.75. The molecule has 2 N–H and O–H groups in total. The van der Waals surface area contributed by atoms with Gasteiger partial charge in [0.1, 0.15) is 17.0 Å². The molecule has 3 aromatic rings. The molecule has 120 valence electrons. The smallest absolute Gasteiger partial charge is 0.138 e. The molecule has 23 heavy (non-hydrogen) atoms. The number of hydrogen-bond donors (Lipinski definition) is 2. The number of rotatable bonds is 5. The van der Waals surface area contributed by atoms with Crippen LogP contribution in [0.5, 0.6) is 0 Å². The Labute approximate surface area is 140 Å². The molecule has 2 aromatic heterocycles. The first-order chi connectivity index (χ1) is 11.1. The molecule has 0 radical (unpaired) electrons. The van der Waals surface area contributed by atoms with E-state index in [0.717, 1.165) is 22.5 Å². The number of hydrogen-bond acceptors (Lipinski definition) is 5. The van der Waals surface area contributed by atoms with E-state index in [1.54, 1.807) is 24.6 Å². The van der Waals surface area contributed by atoms with Crippen molar-refractivity contribution in [3.63, 3.8) is 0 Å². The number of aliphatic hydroxyl groups is 1. The highest BCUT2D eigenvalue weighted by molar-refractivity contribution is 7.19. The number of aliphatic hydroxyl groups excluding tert-OH is 1. The normalized spacial score (nSPS) is 12.5. The minimum atomic E-state index is -0.424. The van der Waals surface area contributed by atoms with Crippen molar-refractivity contribution in [2.24, 2.45) is 0 Å². The number of nitrogens with one attached hydrogen (secondary N) is 1. The molecule has 0 spiro atoms. The van der Waals surface area contributed by atoms with Gasteiger partial charge < -0.3 is 10.4 Å². The number of aryl methyl sites for hydroxylation is 2. The lowest BCUT2D eigenvalue weighted by Gasteiger charge is -2.10. The standard InChI is InChI=1S/C18H21N3OS/c1-4-14-15(13-7-5-11(2)6-8-13)16-17(19-9-12(3)22)20-10-21-18(16)23-14/h5-8,10,12,22H,4,9H2,1-3H3,(H,19,20,21). The van der Waals surface area contributed by atoms with Crippen LogP contribution in [-0.4, -0.2) is 27.7 Å². The van der Waals surface area contributed by atoms with E-state index in [0.29, 0.717) is 6.54 Å². The van der Waals surface area contributed by atoms with Crippen LogP contribution < -0.4 is 5.32 Å². The first-order valence-corrected chi connectivity index (χ1v) is 8.67. The van der Waals surface area contributed by atoms with Crippen molar-refractivity contribution in [1.29, 1.82) is 0 Å². The van der Waals surface area contributed by atoms with E-state index in [4.69, 9.17) is 0 Å². The molecule has 0 bridgehead atoms. The number of aromatic nitrogens is 2. The molecule has 1 unspecified atom stereocenters. The van der Waals surface area contributed by atoms with Gasteiger partial charge in [-0.05, 0) is 25.8 Å². The lowest BCUT2D eigenvalue weighted by atomic mass is 10.0. The predicted molar refractivity (Wildman–Crippen MR) is 97.1 cm³/mol. The summed E-state index contributed by atoms with van der Waals surface area (Å²) in [5.74, 6) is 0.794. The molecule has 1 aromatic carbocycles. The second kappa shape index (κ2) is 6.64. The monoisotopic (exact) mass is 327 g/mol. The van der Waals surface area contributed by atoms with Crippen molar-refractivity contribution < 1.29 is 5.11 Å². The van der Waals surface area contributed by atoms with Crippen LogP contribution in [0.25, 0.3) is 21.3 Å². The summed E-state index contributed by atoms with van der Waals surface area (Å²) in [5.41, 5.74) is 3.64. The van der Waals surface area contributed by atoms with Crippen molar-refractivity contribution in [3.05, 3.63) is 41.0 Å². The molecule has 4 nitrogen and oxygen atoms in total. The molecule has 0 aliphatic carbocycles. The van der Waals surface area contributed by atoms with Crippen molar-refractivity contribution in [1.82, 2.24) is 9.97 Å². The first-order valence-electron chi connectivity index (χ1n) is 7.85. The van der Waals surface area contributed by atoms with Crippen LogP contribution in [0.3, 0.4) is 0 Å². The van der Waals surface area contributed by atoms with Crippen LogP contribution in [0.15, 0.2) is 30.6 Å². The second-order valence-corrected chi connectivity index (χ2v) is 6.84. The van der Waals surface area contributed by atoms with E-state index in [1.807, 2.05) is 0 Å². The fraction of sp³-hybridized carbons (Fsp3) is 0.333. The van der Waals surface area contributed by atoms with Gasteiger partial charge in [-0.25, -0.2) is 9.97 Å². The summed E-state index contributed by atoms with van der Waals surface area (Å²) in [6.45, 7) is 6.49. The zero-order valence-electron chi connectivity index (χ0n) is 13.6. The molecule has 2 heterocycles. The average molecular weight is 327 g/mol. The maximum absolute atomic E-state index is 9.55. The van der Waals surface area contributed by atoms with Crippen LogP contribution in [0.2, 0.25) is 0 Å². The summed E-state index contributed by atoms with van der Waals surface area (Å²) >= 11 is 1.72. The van der Waals surface area contributed by atoms with Gasteiger partial charge in [-0.15, -0.1) is 11.3 Å². The Morgan fingerprint density at radius 1 is 1.22 bits per heavy atom. The Kier molecular flexibility index (Phi) is 4.59. The third-order valence-corrected chi connectivity index (χ3v) is 5.03. The SMILES string of the molecule is CCc1sc2ncnc(NCC(C)O)c2c1-c1ccc(C)cc1. The molecule has 0 amide bonds. The van der Waals surface area contributed by atoms with E-state index in [1.165, 1.54) is 21.6 Å². The zero-order valence-corrected chi connectivity index (χ0v) is 14.4. The largest absolute Gasteiger partial charge is 0.392 e. The van der Waals surface area contributed by atoms with Gasteiger partial charge in [0.2, 0.25) is 0 Å². The van der Waals surface area contributed by atoms with E-state index in [9.17, 15) is 5.11 Å². The van der Waals surface area contributed by atoms with Crippen LogP contribution in [0.1, 0.15) is 24.3 Å². The highest BCUT2D eigenvalue weighted by Gasteiger charge is 2.18. The highest BCUT2D eigenvalue weighted by atomic mass is 32.1. The fourth-order valence-corrected chi connectivity index (χ4v) is 3.73. The lowest BCUT2D eigenvalue weighted by molar-refractivity contribution is 0.208. The Morgan fingerprint density at radius 3 is 2.61 bits per heavy atom. The third kappa shape index (κ3) is 3.21. The highest BCUT2D eigenvalue weighted by Crippen LogP contribution is 2.41. The molecule has 0 aliphatic heterocycles. The predicted octanol–water partition coefficient (Wildman–Crippen LogP) is 4.02. The van der Waals surface area contributed by atoms with Gasteiger partial charge in [-0.1, -0.05) is 36.8 Å². The first kappa shape index (κ1) is 15.9. The quantitative estimate of drug-likeness (QED) is 0.743. The van der Waals surface area contributed by atoms with Gasteiger partial charge in [0.25, 0.3) is 0 Å². The minimum Gasteiger partial charge on any atom is -0.392 e. The van der Waals surface area contributed by atoms with E-state index in [-0.39, 0.29) is 0 Å². The van der Waals surface area contributed by atoms with Crippen molar-refractivity contribution in [2.75, 3.05) is 11.9 Å². The fourth-order valence-electron chi connectivity index (χ4n) is 2.63. The van der Waals surface area contributed by atoms with Crippen LogP contribution in [0.4, 0.5) is 5.82 Å². The van der Waals surface area contributed by atoms with Crippen LogP contribution in [0, 0.1) is 6.92 Å². The van der Waals surface area contributed by atoms with Gasteiger partial charge in [0.15, 0.2) is 0 Å². The van der Waals surface area contributed by atoms with Gasteiger partial charge in [0, 0.05) is 17.0 Å². The van der Waals surface area contributed by atoms with E-state index in [2.05, 4.69) is 53.4 Å². The summed E-state index contributed by atoms with van der Waals surface area (Å²) in [6, 6.07) is 8.57. The summed E-state index contributed by atoms with van der Waals surface area (Å²) in [7, 11) is 0. The number of anilines is 1. The van der Waals surface area contributed by atoms with E-state index >= 15 is 0 Å². The molecule has 1 atom stereocenters. The number of thiophene rings is 1. The van der Waals surface area contributed by atoms with E-state index < -0.39 is 6.10 Å². The Balaban J connectivity index is 2.19. The van der Waals surface area contributed by atoms with Gasteiger partial charge in [-0.3, -0.25) is 0 Å². The van der Waals surface area contributed by atoms with Crippen molar-refractivity contribution in [2.45, 2.75) is 33.3 Å². The van der Waals surface area contributed by atoms with Crippen molar-refractivity contribution >= 4 is 27.4 Å². The topological polar surface area (TPSA) is 58.0 Å². The molecule has 0 aliphatic rings. The Bertz CT molecular complexity index is 809. The molecule has 0 saturated carbocycles. The molecule has 5 heteroatoms. The Hall–Kier alpha value is -1.98. The van der Waals surface area contributed by atoms with Crippen LogP contribution in [-0.2, 0) is 6.42 Å². The summed E-state index contributed by atoms with van der Waals surface area (Å²) < 4.78 is 0. The van der Waals surface area contributed by atoms with Gasteiger partial charge >= 0.3 is 0 Å². The van der Waals surface area contributed by atoms with Crippen LogP contribution >= 0.6 is 11.3 Å². The minimum absolute atomic E-state index is 0.424. The number of fused-ring (bicyclic) bond motifs is 1. The summed E-state index contributed by atoms with van der Waals surface area (Å²) in [4.78, 5) is 11.1. The lowest BCUT2D eigenvalue weighted by Crippen LogP contribution is -2.16. The summed E-state index contributed by atoms with van der Waals surface area (Å²) in [5, 5.41) is 13.9. The molecule has 0 fully saturated rings. The number of nitrogens with zero attached hydrogens (tertiary/aromatic N) is 2. The molecule has 3 rings (SSSR count). The average Bonchev–Trinajstić information content (AvgIpc) is 2.92. The third-order valence-electron chi connectivity index (χ3n) is 3.79.